The lowest BCUT2D eigenvalue weighted by Gasteiger charge is -2.17. The van der Waals surface area contributed by atoms with Crippen LogP contribution in [0.3, 0.4) is 0 Å². The smallest absolute Gasteiger partial charge is 0.359 e. The average molecular weight is 278 g/mol. The van der Waals surface area contributed by atoms with Crippen LogP contribution in [0.5, 0.6) is 0 Å². The van der Waals surface area contributed by atoms with Gasteiger partial charge in [0.25, 0.3) is 0 Å². The highest BCUT2D eigenvalue weighted by atomic mass is 31.2. The Kier molecular flexibility index (Phi) is 6.34. The topological polar surface area (TPSA) is 135 Å². The van der Waals surface area contributed by atoms with Gasteiger partial charge in [0.2, 0.25) is 5.79 Å². The molecule has 1 aromatic rings. The van der Waals surface area contributed by atoms with E-state index in [1.807, 2.05) is 6.07 Å². The van der Waals surface area contributed by atoms with Crippen molar-refractivity contribution in [1.82, 2.24) is 0 Å². The molecule has 0 amide bonds. The zero-order valence-corrected chi connectivity index (χ0v) is 10.5. The number of benzene rings is 1. The molecule has 0 fully saturated rings. The molecule has 0 aliphatic rings. The molecule has 0 atom stereocenters. The fourth-order valence-electron chi connectivity index (χ4n) is 1.00. The minimum absolute atomic E-state index is 0.0663. The molecule has 0 heterocycles. The Bertz CT molecular complexity index is 415. The SMILES string of the molecule is CC(=O)C(O)(O)Cc1ccccc1.O=P(O)(O)O. The maximum Gasteiger partial charge on any atom is 0.466 e. The summed E-state index contributed by atoms with van der Waals surface area (Å²) in [6, 6.07) is 8.87. The van der Waals surface area contributed by atoms with Crippen LogP contribution < -0.4 is 0 Å². The first kappa shape index (κ1) is 16.9. The quantitative estimate of drug-likeness (QED) is 0.374. The Morgan fingerprint density at radius 1 is 1.17 bits per heavy atom. The number of Topliss-reactive ketones (excluding diaryl/α,β-unsaturated/α-hetero) is 1. The Morgan fingerprint density at radius 2 is 1.56 bits per heavy atom. The van der Waals surface area contributed by atoms with Crippen molar-refractivity contribution >= 4 is 13.6 Å². The summed E-state index contributed by atoms with van der Waals surface area (Å²) in [5, 5.41) is 18.5. The van der Waals surface area contributed by atoms with Crippen molar-refractivity contribution in [3.05, 3.63) is 35.9 Å². The van der Waals surface area contributed by atoms with Gasteiger partial charge in [0, 0.05) is 13.3 Å². The van der Waals surface area contributed by atoms with E-state index >= 15 is 0 Å². The highest BCUT2D eigenvalue weighted by molar-refractivity contribution is 7.45. The Hall–Kier alpha value is -1.08. The highest BCUT2D eigenvalue weighted by Crippen LogP contribution is 2.25. The second kappa shape index (κ2) is 6.75. The van der Waals surface area contributed by atoms with Gasteiger partial charge in [-0.25, -0.2) is 4.57 Å². The lowest BCUT2D eigenvalue weighted by molar-refractivity contribution is -0.179. The number of ketones is 1. The number of carbonyl (C=O) groups is 1. The minimum Gasteiger partial charge on any atom is -0.359 e. The van der Waals surface area contributed by atoms with E-state index in [-0.39, 0.29) is 6.42 Å². The molecular formula is C10H15O7P. The fraction of sp³-hybridized carbons (Fsp3) is 0.300. The van der Waals surface area contributed by atoms with Crippen LogP contribution in [0.4, 0.5) is 0 Å². The van der Waals surface area contributed by atoms with Crippen LogP contribution in [-0.4, -0.2) is 36.5 Å². The molecule has 1 aromatic carbocycles. The monoisotopic (exact) mass is 278 g/mol. The molecule has 0 spiro atoms. The molecule has 0 saturated heterocycles. The van der Waals surface area contributed by atoms with Crippen molar-refractivity contribution in [2.24, 2.45) is 0 Å². The second-order valence-electron chi connectivity index (χ2n) is 3.55. The maximum atomic E-state index is 10.8. The summed E-state index contributed by atoms with van der Waals surface area (Å²) >= 11 is 0. The molecule has 1 rings (SSSR count). The summed E-state index contributed by atoms with van der Waals surface area (Å²) in [5.41, 5.74) is 0.725. The average Bonchev–Trinajstić information content (AvgIpc) is 2.15. The molecule has 0 unspecified atom stereocenters. The summed E-state index contributed by atoms with van der Waals surface area (Å²) in [6.07, 6.45) is -0.0663. The molecule has 0 bridgehead atoms. The molecule has 0 aromatic heterocycles. The summed E-state index contributed by atoms with van der Waals surface area (Å²) < 4.78 is 8.88. The van der Waals surface area contributed by atoms with Crippen molar-refractivity contribution in [3.63, 3.8) is 0 Å². The van der Waals surface area contributed by atoms with Gasteiger partial charge < -0.3 is 24.9 Å². The van der Waals surface area contributed by atoms with Gasteiger partial charge in [-0.1, -0.05) is 30.3 Å². The van der Waals surface area contributed by atoms with E-state index in [0.717, 1.165) is 12.5 Å². The predicted molar refractivity (Wildman–Crippen MR) is 62.3 cm³/mol. The molecule has 0 radical (unpaired) electrons. The Labute approximate surface area is 104 Å². The number of carbonyl (C=O) groups excluding carboxylic acids is 1. The van der Waals surface area contributed by atoms with Gasteiger partial charge in [-0.3, -0.25) is 4.79 Å². The molecular weight excluding hydrogens is 263 g/mol. The number of aliphatic hydroxyl groups is 2. The molecule has 7 nitrogen and oxygen atoms in total. The Balaban J connectivity index is 0.000000494. The summed E-state index contributed by atoms with van der Waals surface area (Å²) in [4.78, 5) is 32.3. The minimum atomic E-state index is -4.64. The van der Waals surface area contributed by atoms with Gasteiger partial charge in [0.15, 0.2) is 5.78 Å². The van der Waals surface area contributed by atoms with Crippen LogP contribution in [-0.2, 0) is 15.8 Å². The van der Waals surface area contributed by atoms with E-state index in [1.165, 1.54) is 0 Å². The van der Waals surface area contributed by atoms with Crippen LogP contribution in [0, 0.1) is 0 Å². The van der Waals surface area contributed by atoms with Gasteiger partial charge in [0.05, 0.1) is 0 Å². The van der Waals surface area contributed by atoms with Crippen molar-refractivity contribution in [1.29, 1.82) is 0 Å². The van der Waals surface area contributed by atoms with Gasteiger partial charge >= 0.3 is 7.82 Å². The number of hydrogen-bond acceptors (Lipinski definition) is 4. The molecule has 102 valence electrons. The molecule has 18 heavy (non-hydrogen) atoms. The summed E-state index contributed by atoms with van der Waals surface area (Å²) in [6.45, 7) is 1.16. The van der Waals surface area contributed by atoms with Crippen LogP contribution in [0.1, 0.15) is 12.5 Å². The fourth-order valence-corrected chi connectivity index (χ4v) is 1.00. The molecule has 0 aliphatic carbocycles. The molecule has 8 heteroatoms. The van der Waals surface area contributed by atoms with Crippen LogP contribution in [0.15, 0.2) is 30.3 Å². The zero-order chi connectivity index (χ0) is 14.4. The third kappa shape index (κ3) is 9.00. The molecule has 0 saturated carbocycles. The lowest BCUT2D eigenvalue weighted by atomic mass is 10.0. The normalized spacial score (nSPS) is 11.4. The van der Waals surface area contributed by atoms with Gasteiger partial charge in [-0.05, 0) is 5.56 Å². The number of hydrogen-bond donors (Lipinski definition) is 5. The van der Waals surface area contributed by atoms with Crippen LogP contribution in [0.2, 0.25) is 0 Å². The number of rotatable bonds is 3. The highest BCUT2D eigenvalue weighted by Gasteiger charge is 2.29. The first-order valence-electron chi connectivity index (χ1n) is 4.80. The largest absolute Gasteiger partial charge is 0.466 e. The van der Waals surface area contributed by atoms with Crippen molar-refractivity contribution in [2.75, 3.05) is 0 Å². The third-order valence-corrected chi connectivity index (χ3v) is 1.86. The van der Waals surface area contributed by atoms with Crippen molar-refractivity contribution in [3.8, 4) is 0 Å². The number of phosphoric acid groups is 1. The van der Waals surface area contributed by atoms with Gasteiger partial charge in [0.1, 0.15) is 0 Å². The van der Waals surface area contributed by atoms with Crippen LogP contribution in [0.25, 0.3) is 0 Å². The van der Waals surface area contributed by atoms with E-state index < -0.39 is 19.4 Å². The van der Waals surface area contributed by atoms with E-state index in [1.54, 1.807) is 24.3 Å². The standard InChI is InChI=1S/C10H12O3.H3O4P/c1-8(11)10(12,13)7-9-5-3-2-4-6-9;1-5(2,3)4/h2-6,12-13H,7H2,1H3;(H3,1,2,3,4). The van der Waals surface area contributed by atoms with Crippen molar-refractivity contribution < 1.29 is 34.3 Å². The van der Waals surface area contributed by atoms with E-state index in [0.29, 0.717) is 0 Å². The van der Waals surface area contributed by atoms with Crippen molar-refractivity contribution in [2.45, 2.75) is 19.1 Å². The zero-order valence-electron chi connectivity index (χ0n) is 9.59. The Morgan fingerprint density at radius 3 is 1.89 bits per heavy atom. The lowest BCUT2D eigenvalue weighted by Crippen LogP contribution is -2.38. The molecule has 0 aliphatic heterocycles. The van der Waals surface area contributed by atoms with E-state index in [4.69, 9.17) is 19.2 Å². The summed E-state index contributed by atoms with van der Waals surface area (Å²) in [7, 11) is -4.64. The second-order valence-corrected chi connectivity index (χ2v) is 4.58. The third-order valence-electron chi connectivity index (χ3n) is 1.86. The maximum absolute atomic E-state index is 10.8. The predicted octanol–water partition coefficient (Wildman–Crippen LogP) is -0.430. The van der Waals surface area contributed by atoms with E-state index in [9.17, 15) is 15.0 Å². The molecule has 5 N–H and O–H groups in total. The summed E-state index contributed by atoms with van der Waals surface area (Å²) in [5.74, 6) is -2.88. The van der Waals surface area contributed by atoms with Gasteiger partial charge in [-0.2, -0.15) is 0 Å². The van der Waals surface area contributed by atoms with E-state index in [2.05, 4.69) is 0 Å². The first-order chi connectivity index (χ1) is 8.02. The van der Waals surface area contributed by atoms with Gasteiger partial charge in [-0.15, -0.1) is 0 Å². The van der Waals surface area contributed by atoms with Crippen LogP contribution >= 0.6 is 7.82 Å². The first-order valence-corrected chi connectivity index (χ1v) is 6.37.